The molecule has 5 fully saturated rings. The number of aliphatic hydroxyl groups excluding tert-OH is 6. The molecule has 1 saturated heterocycles. The van der Waals surface area contributed by atoms with Gasteiger partial charge in [0.1, 0.15) is 24.4 Å². The van der Waals surface area contributed by atoms with E-state index in [9.17, 15) is 50.4 Å². The van der Waals surface area contributed by atoms with Crippen LogP contribution in [0.4, 0.5) is 0 Å². The Morgan fingerprint density at radius 3 is 2.21 bits per heavy atom. The number of carboxylic acids is 1. The van der Waals surface area contributed by atoms with Gasteiger partial charge in [0.25, 0.3) is 0 Å². The Bertz CT molecular complexity index is 1350. The van der Waals surface area contributed by atoms with Crippen molar-refractivity contribution in [3.8, 4) is 0 Å². The number of hydrogen-bond donors (Lipinski definition) is 8. The Labute approximate surface area is 282 Å². The first-order chi connectivity index (χ1) is 22.2. The molecule has 6 aliphatic rings. The van der Waals surface area contributed by atoms with Crippen molar-refractivity contribution in [2.24, 2.45) is 50.7 Å². The number of carbonyl (C=O) groups excluding carboxylic acids is 1. The highest BCUT2D eigenvalue weighted by atomic mass is 16.7. The maximum absolute atomic E-state index is 14.5. The Morgan fingerprint density at radius 2 is 1.58 bits per heavy atom. The van der Waals surface area contributed by atoms with E-state index in [4.69, 9.17) is 9.47 Å². The molecule has 0 unspecified atom stereocenters. The standard InChI is InChI=1S/C36H56O12/c1-17-9-12-36(30(45)48-28-25(41)24(40)23(39)20(16-37)47-28)14-13-32(3)18(26(36)35(17,6)46)7-8-21-31(2)15-19(38)27(42)34(5,29(43)44)22(31)10-11-33(21,32)4/h7,17,19-28,37-42,46H,8-16H2,1-6H3,(H,43,44)/t17-,19-,20-,21-,22+,23-,24+,25-,26+,27+,28+,31-,32-,33-,34+,35-,36+/m1/s1. The Hall–Kier alpha value is -1.64. The molecular weight excluding hydrogens is 624 g/mol. The van der Waals surface area contributed by atoms with Gasteiger partial charge < -0.3 is 50.3 Å². The third kappa shape index (κ3) is 4.49. The van der Waals surface area contributed by atoms with E-state index < -0.39 is 100 Å². The average Bonchev–Trinajstić information content (AvgIpc) is 3.02. The van der Waals surface area contributed by atoms with Crippen LogP contribution in [-0.4, -0.2) is 108 Å². The molecule has 0 radical (unpaired) electrons. The van der Waals surface area contributed by atoms with Crippen LogP contribution >= 0.6 is 0 Å². The summed E-state index contributed by atoms with van der Waals surface area (Å²) in [7, 11) is 0. The van der Waals surface area contributed by atoms with E-state index in [1.165, 1.54) is 0 Å². The van der Waals surface area contributed by atoms with Crippen molar-refractivity contribution in [3.05, 3.63) is 11.6 Å². The maximum atomic E-state index is 14.5. The third-order valence-electron chi connectivity index (χ3n) is 15.6. The molecule has 0 aromatic carbocycles. The zero-order valence-electron chi connectivity index (χ0n) is 29.0. The van der Waals surface area contributed by atoms with Crippen LogP contribution < -0.4 is 0 Å². The fraction of sp³-hybridized carbons (Fsp3) is 0.889. The number of fused-ring (bicyclic) bond motifs is 7. The van der Waals surface area contributed by atoms with Crippen molar-refractivity contribution < 1.29 is 59.9 Å². The lowest BCUT2D eigenvalue weighted by Crippen LogP contribution is -2.70. The first-order valence-electron chi connectivity index (χ1n) is 17.7. The van der Waals surface area contributed by atoms with Gasteiger partial charge in [-0.1, -0.05) is 39.3 Å². The molecule has 0 aromatic heterocycles. The zero-order chi connectivity index (χ0) is 35.6. The van der Waals surface area contributed by atoms with Crippen molar-refractivity contribution in [1.29, 1.82) is 0 Å². The fourth-order valence-electron chi connectivity index (χ4n) is 12.3. The summed E-state index contributed by atoms with van der Waals surface area (Å²) in [5.74, 6) is -3.01. The molecule has 17 atom stereocenters. The molecule has 48 heavy (non-hydrogen) atoms. The Balaban J connectivity index is 1.41. The van der Waals surface area contributed by atoms with Crippen molar-refractivity contribution >= 4 is 11.9 Å². The number of carboxylic acid groups (broad SMARTS) is 1. The number of aliphatic hydroxyl groups is 7. The van der Waals surface area contributed by atoms with Gasteiger partial charge in [0.15, 0.2) is 0 Å². The van der Waals surface area contributed by atoms with Gasteiger partial charge in [-0.25, -0.2) is 0 Å². The summed E-state index contributed by atoms with van der Waals surface area (Å²) in [6, 6.07) is 0. The number of carbonyl (C=O) groups is 2. The number of hydrogen-bond acceptors (Lipinski definition) is 11. The molecule has 0 spiro atoms. The molecule has 0 bridgehead atoms. The van der Waals surface area contributed by atoms with Crippen molar-refractivity contribution in [1.82, 2.24) is 0 Å². The molecule has 0 aromatic rings. The van der Waals surface area contributed by atoms with Crippen molar-refractivity contribution in [3.63, 3.8) is 0 Å². The van der Waals surface area contributed by atoms with Crippen LogP contribution in [0.15, 0.2) is 11.6 Å². The minimum absolute atomic E-state index is 0.0437. The first-order valence-corrected chi connectivity index (χ1v) is 17.7. The smallest absolute Gasteiger partial charge is 0.315 e. The fourth-order valence-corrected chi connectivity index (χ4v) is 12.3. The van der Waals surface area contributed by atoms with E-state index in [1.54, 1.807) is 13.8 Å². The van der Waals surface area contributed by atoms with E-state index >= 15 is 0 Å². The Morgan fingerprint density at radius 1 is 0.917 bits per heavy atom. The quantitative estimate of drug-likeness (QED) is 0.157. The molecule has 6 rings (SSSR count). The monoisotopic (exact) mass is 680 g/mol. The highest BCUT2D eigenvalue weighted by Gasteiger charge is 2.73. The summed E-state index contributed by atoms with van der Waals surface area (Å²) in [6.45, 7) is 11.2. The van der Waals surface area contributed by atoms with Gasteiger partial charge in [-0.3, -0.25) is 9.59 Å². The zero-order valence-corrected chi connectivity index (χ0v) is 29.0. The van der Waals surface area contributed by atoms with Gasteiger partial charge in [-0.15, -0.1) is 0 Å². The van der Waals surface area contributed by atoms with E-state index in [-0.39, 0.29) is 24.2 Å². The lowest BCUT2D eigenvalue weighted by atomic mass is 9.33. The van der Waals surface area contributed by atoms with Gasteiger partial charge in [0, 0.05) is 5.92 Å². The van der Waals surface area contributed by atoms with Crippen LogP contribution in [0.5, 0.6) is 0 Å². The second-order valence-electron chi connectivity index (χ2n) is 17.5. The average molecular weight is 681 g/mol. The summed E-state index contributed by atoms with van der Waals surface area (Å²) < 4.78 is 11.4. The SMILES string of the molecule is C[C@@H]1CC[C@]2(C(=O)O[C@@H]3O[C@H](CO)[C@@H](O)[C@H](O)[C@H]3O)CC[C@]3(C)C(=CC[C@@H]4[C@@]5(C)C[C@@H](O)[C@H](O)[C@@](C)(C(=O)O)[C@H]5CC[C@]43C)[C@H]2[C@]1(C)O. The molecule has 0 amide bonds. The summed E-state index contributed by atoms with van der Waals surface area (Å²) in [4.78, 5) is 27.2. The minimum atomic E-state index is -1.75. The summed E-state index contributed by atoms with van der Waals surface area (Å²) in [6.07, 6.45) is -4.43. The summed E-state index contributed by atoms with van der Waals surface area (Å²) in [5.41, 5.74) is -4.57. The van der Waals surface area contributed by atoms with Gasteiger partial charge >= 0.3 is 11.9 Å². The van der Waals surface area contributed by atoms with E-state index in [0.717, 1.165) is 5.57 Å². The number of esters is 1. The van der Waals surface area contributed by atoms with E-state index in [2.05, 4.69) is 26.8 Å². The normalized spacial score (nSPS) is 56.4. The first kappa shape index (κ1) is 36.2. The second kappa shape index (κ2) is 11.4. The van der Waals surface area contributed by atoms with Crippen LogP contribution in [0, 0.1) is 50.7 Å². The summed E-state index contributed by atoms with van der Waals surface area (Å²) >= 11 is 0. The lowest BCUT2D eigenvalue weighted by Gasteiger charge is -2.71. The van der Waals surface area contributed by atoms with Gasteiger partial charge in [-0.2, -0.15) is 0 Å². The number of allylic oxidation sites excluding steroid dienone is 1. The predicted octanol–water partition coefficient (Wildman–Crippen LogP) is 1.50. The molecule has 5 aliphatic carbocycles. The lowest BCUT2D eigenvalue weighted by molar-refractivity contribution is -0.299. The van der Waals surface area contributed by atoms with Gasteiger partial charge in [0.2, 0.25) is 6.29 Å². The minimum Gasteiger partial charge on any atom is -0.481 e. The molecule has 12 nitrogen and oxygen atoms in total. The maximum Gasteiger partial charge on any atom is 0.315 e. The molecule has 12 heteroatoms. The van der Waals surface area contributed by atoms with Crippen LogP contribution in [0.3, 0.4) is 0 Å². The van der Waals surface area contributed by atoms with Crippen LogP contribution in [0.1, 0.15) is 92.9 Å². The summed E-state index contributed by atoms with van der Waals surface area (Å²) in [5, 5.41) is 85.9. The molecule has 1 aliphatic heterocycles. The van der Waals surface area contributed by atoms with Gasteiger partial charge in [0.05, 0.1) is 35.2 Å². The number of aliphatic carboxylic acids is 1. The van der Waals surface area contributed by atoms with Crippen molar-refractivity contribution in [2.75, 3.05) is 6.61 Å². The van der Waals surface area contributed by atoms with E-state index in [1.807, 2.05) is 6.92 Å². The van der Waals surface area contributed by atoms with E-state index in [0.29, 0.717) is 44.9 Å². The predicted molar refractivity (Wildman–Crippen MR) is 170 cm³/mol. The molecule has 4 saturated carbocycles. The molecular formula is C36H56O12. The molecule has 8 N–H and O–H groups in total. The molecule has 1 heterocycles. The van der Waals surface area contributed by atoms with Crippen LogP contribution in [-0.2, 0) is 19.1 Å². The topological polar surface area (TPSA) is 214 Å². The van der Waals surface area contributed by atoms with Crippen molar-refractivity contribution in [2.45, 2.75) is 141 Å². The third-order valence-corrected chi connectivity index (χ3v) is 15.6. The largest absolute Gasteiger partial charge is 0.481 e. The Kier molecular flexibility index (Phi) is 8.61. The second-order valence-corrected chi connectivity index (χ2v) is 17.5. The number of ether oxygens (including phenoxy) is 2. The molecule has 272 valence electrons. The highest BCUT2D eigenvalue weighted by Crippen LogP contribution is 2.76. The van der Waals surface area contributed by atoms with Crippen LogP contribution in [0.2, 0.25) is 0 Å². The van der Waals surface area contributed by atoms with Crippen LogP contribution in [0.25, 0.3) is 0 Å². The number of rotatable bonds is 4. The van der Waals surface area contributed by atoms with Gasteiger partial charge in [-0.05, 0) is 99.2 Å². The highest BCUT2D eigenvalue weighted by molar-refractivity contribution is 5.79.